The van der Waals surface area contributed by atoms with E-state index in [4.69, 9.17) is 0 Å². The van der Waals surface area contributed by atoms with Gasteiger partial charge in [-0.2, -0.15) is 0 Å². The fourth-order valence-electron chi connectivity index (χ4n) is 1.57. The Labute approximate surface area is 108 Å². The second kappa shape index (κ2) is 5.96. The number of halogens is 1. The van der Waals surface area contributed by atoms with Crippen LogP contribution in [0.4, 0.5) is 10.1 Å². The van der Waals surface area contributed by atoms with E-state index in [2.05, 4.69) is 5.32 Å². The van der Waals surface area contributed by atoms with Crippen LogP contribution in [-0.4, -0.2) is 25.0 Å². The molecular formula is C14H21FN2O. The Bertz CT molecular complexity index is 413. The third kappa shape index (κ3) is 4.45. The quantitative estimate of drug-likeness (QED) is 0.893. The van der Waals surface area contributed by atoms with Crippen molar-refractivity contribution in [1.82, 2.24) is 5.32 Å². The zero-order valence-electron chi connectivity index (χ0n) is 11.5. The summed E-state index contributed by atoms with van der Waals surface area (Å²) in [6, 6.07) is 6.28. The predicted molar refractivity (Wildman–Crippen MR) is 72.2 cm³/mol. The smallest absolute Gasteiger partial charge is 0.228 e. The third-order valence-corrected chi connectivity index (χ3v) is 2.58. The van der Waals surface area contributed by atoms with Gasteiger partial charge in [-0.3, -0.25) is 4.79 Å². The van der Waals surface area contributed by atoms with Crippen molar-refractivity contribution in [1.29, 1.82) is 0 Å². The maximum atomic E-state index is 13.5. The Morgan fingerprint density at radius 1 is 1.33 bits per heavy atom. The van der Waals surface area contributed by atoms with Gasteiger partial charge in [0.1, 0.15) is 5.82 Å². The van der Waals surface area contributed by atoms with Crippen LogP contribution in [-0.2, 0) is 4.79 Å². The zero-order valence-corrected chi connectivity index (χ0v) is 11.5. The van der Waals surface area contributed by atoms with Crippen LogP contribution in [0.1, 0.15) is 27.2 Å². The topological polar surface area (TPSA) is 32.3 Å². The van der Waals surface area contributed by atoms with Crippen molar-refractivity contribution in [2.24, 2.45) is 0 Å². The molecule has 0 aliphatic rings. The lowest BCUT2D eigenvalue weighted by atomic mass is 10.1. The number of anilines is 1. The Kier molecular flexibility index (Phi) is 4.84. The summed E-state index contributed by atoms with van der Waals surface area (Å²) in [4.78, 5) is 13.3. The summed E-state index contributed by atoms with van der Waals surface area (Å²) >= 11 is 0. The molecule has 0 unspecified atom stereocenters. The number of amides is 1. The van der Waals surface area contributed by atoms with Crippen LogP contribution in [0.3, 0.4) is 0 Å². The summed E-state index contributed by atoms with van der Waals surface area (Å²) in [5.74, 6) is -0.478. The predicted octanol–water partition coefficient (Wildman–Crippen LogP) is 2.57. The largest absolute Gasteiger partial charge is 0.313 e. The number of nitrogens with one attached hydrogen (secondary N) is 1. The minimum Gasteiger partial charge on any atom is -0.313 e. The molecule has 1 N–H and O–H groups in total. The van der Waals surface area contributed by atoms with E-state index in [-0.39, 0.29) is 17.3 Å². The number of carbonyl (C=O) groups excluding carboxylic acids is 1. The van der Waals surface area contributed by atoms with Gasteiger partial charge >= 0.3 is 0 Å². The van der Waals surface area contributed by atoms with Gasteiger partial charge in [-0.25, -0.2) is 4.39 Å². The summed E-state index contributed by atoms with van der Waals surface area (Å²) in [5, 5.41) is 3.23. The van der Waals surface area contributed by atoms with Crippen molar-refractivity contribution in [3.05, 3.63) is 30.1 Å². The van der Waals surface area contributed by atoms with E-state index in [1.165, 1.54) is 11.0 Å². The number of hydrogen-bond donors (Lipinski definition) is 1. The normalized spacial score (nSPS) is 11.4. The van der Waals surface area contributed by atoms with Crippen molar-refractivity contribution in [2.45, 2.75) is 32.7 Å². The molecule has 0 bridgehead atoms. The molecule has 0 aromatic heterocycles. The highest BCUT2D eigenvalue weighted by Crippen LogP contribution is 2.17. The highest BCUT2D eigenvalue weighted by atomic mass is 19.1. The Morgan fingerprint density at radius 2 is 1.94 bits per heavy atom. The van der Waals surface area contributed by atoms with Crippen LogP contribution in [0, 0.1) is 5.82 Å². The summed E-state index contributed by atoms with van der Waals surface area (Å²) in [6.45, 7) is 6.70. The number of hydrogen-bond acceptors (Lipinski definition) is 2. The van der Waals surface area contributed by atoms with Crippen LogP contribution in [0.2, 0.25) is 0 Å². The molecule has 1 aromatic carbocycles. The van der Waals surface area contributed by atoms with Gasteiger partial charge < -0.3 is 10.2 Å². The molecule has 1 amide bonds. The lowest BCUT2D eigenvalue weighted by Gasteiger charge is -2.22. The summed E-state index contributed by atoms with van der Waals surface area (Å²) in [5.41, 5.74) is 0.301. The molecule has 1 rings (SSSR count). The Morgan fingerprint density at radius 3 is 2.50 bits per heavy atom. The van der Waals surface area contributed by atoms with Crippen molar-refractivity contribution in [2.75, 3.05) is 18.5 Å². The second-order valence-electron chi connectivity index (χ2n) is 5.33. The maximum Gasteiger partial charge on any atom is 0.228 e. The van der Waals surface area contributed by atoms with Gasteiger partial charge in [0, 0.05) is 25.6 Å². The number of carbonyl (C=O) groups is 1. The van der Waals surface area contributed by atoms with Crippen LogP contribution >= 0.6 is 0 Å². The van der Waals surface area contributed by atoms with Crippen molar-refractivity contribution < 1.29 is 9.18 Å². The van der Waals surface area contributed by atoms with Gasteiger partial charge in [-0.15, -0.1) is 0 Å². The molecular weight excluding hydrogens is 231 g/mol. The maximum absolute atomic E-state index is 13.5. The van der Waals surface area contributed by atoms with Crippen molar-refractivity contribution in [3.8, 4) is 0 Å². The highest BCUT2D eigenvalue weighted by molar-refractivity contribution is 5.92. The molecule has 4 heteroatoms. The molecule has 18 heavy (non-hydrogen) atoms. The molecule has 100 valence electrons. The molecule has 0 aliphatic carbocycles. The van der Waals surface area contributed by atoms with Gasteiger partial charge in [0.25, 0.3) is 0 Å². The average molecular weight is 252 g/mol. The van der Waals surface area contributed by atoms with Gasteiger partial charge in [-0.1, -0.05) is 12.1 Å². The zero-order chi connectivity index (χ0) is 13.8. The minimum absolute atomic E-state index is 0.0170. The Balaban J connectivity index is 2.55. The first-order valence-corrected chi connectivity index (χ1v) is 6.07. The van der Waals surface area contributed by atoms with E-state index in [1.807, 2.05) is 20.8 Å². The van der Waals surface area contributed by atoms with E-state index in [0.29, 0.717) is 18.7 Å². The molecule has 3 nitrogen and oxygen atoms in total. The molecule has 0 spiro atoms. The lowest BCUT2D eigenvalue weighted by Crippen LogP contribution is -2.39. The number of nitrogens with zero attached hydrogens (tertiary/aromatic N) is 1. The standard InChI is InChI=1S/C14H21FN2O/c1-14(2,3)16-10-9-13(18)17(4)12-8-6-5-7-11(12)15/h5-8,16H,9-10H2,1-4H3. The number of para-hydroxylation sites is 1. The summed E-state index contributed by atoms with van der Waals surface area (Å²) in [6.07, 6.45) is 0.349. The minimum atomic E-state index is -0.378. The molecule has 0 atom stereocenters. The van der Waals surface area contributed by atoms with Gasteiger partial charge in [0.05, 0.1) is 5.69 Å². The molecule has 0 aliphatic heterocycles. The first-order chi connectivity index (χ1) is 8.31. The van der Waals surface area contributed by atoms with E-state index in [1.54, 1.807) is 25.2 Å². The SMILES string of the molecule is CN(C(=O)CCNC(C)(C)C)c1ccccc1F. The molecule has 0 saturated heterocycles. The second-order valence-corrected chi connectivity index (χ2v) is 5.33. The third-order valence-electron chi connectivity index (χ3n) is 2.58. The van der Waals surface area contributed by atoms with Gasteiger partial charge in [0.15, 0.2) is 0 Å². The number of benzene rings is 1. The van der Waals surface area contributed by atoms with E-state index >= 15 is 0 Å². The molecule has 0 saturated carbocycles. The van der Waals surface area contributed by atoms with Crippen LogP contribution in [0.25, 0.3) is 0 Å². The average Bonchev–Trinajstić information content (AvgIpc) is 2.27. The highest BCUT2D eigenvalue weighted by Gasteiger charge is 2.15. The van der Waals surface area contributed by atoms with Gasteiger partial charge in [-0.05, 0) is 32.9 Å². The molecule has 0 heterocycles. The van der Waals surface area contributed by atoms with Gasteiger partial charge in [0.2, 0.25) is 5.91 Å². The van der Waals surface area contributed by atoms with Crippen molar-refractivity contribution in [3.63, 3.8) is 0 Å². The lowest BCUT2D eigenvalue weighted by molar-refractivity contribution is -0.118. The molecule has 1 aromatic rings. The number of rotatable bonds is 4. The van der Waals surface area contributed by atoms with Crippen LogP contribution in [0.15, 0.2) is 24.3 Å². The van der Waals surface area contributed by atoms with E-state index in [9.17, 15) is 9.18 Å². The van der Waals surface area contributed by atoms with E-state index < -0.39 is 0 Å². The Hall–Kier alpha value is -1.42. The van der Waals surface area contributed by atoms with Crippen molar-refractivity contribution >= 4 is 11.6 Å². The van der Waals surface area contributed by atoms with Crippen LogP contribution in [0.5, 0.6) is 0 Å². The summed E-state index contributed by atoms with van der Waals surface area (Å²) in [7, 11) is 1.60. The molecule has 0 radical (unpaired) electrons. The monoisotopic (exact) mass is 252 g/mol. The summed E-state index contributed by atoms with van der Waals surface area (Å²) < 4.78 is 13.5. The first-order valence-electron chi connectivity index (χ1n) is 6.07. The van der Waals surface area contributed by atoms with Crippen LogP contribution < -0.4 is 10.2 Å². The fourth-order valence-corrected chi connectivity index (χ4v) is 1.57. The first kappa shape index (κ1) is 14.6. The fraction of sp³-hybridized carbons (Fsp3) is 0.500. The van der Waals surface area contributed by atoms with E-state index in [0.717, 1.165) is 0 Å². The molecule has 0 fully saturated rings.